The van der Waals surface area contributed by atoms with Crippen LogP contribution >= 0.6 is 0 Å². The molecular formula is C13H10F5NO4S. The van der Waals surface area contributed by atoms with Crippen LogP contribution in [0.5, 0.6) is 0 Å². The smallest absolute Gasteiger partial charge is 0.303 e. The summed E-state index contributed by atoms with van der Waals surface area (Å²) in [6.45, 7) is -0.947. The van der Waals surface area contributed by atoms with Crippen LogP contribution in [0.1, 0.15) is 12.0 Å². The molecule has 0 aliphatic heterocycles. The summed E-state index contributed by atoms with van der Waals surface area (Å²) < 4.78 is 87.4. The predicted molar refractivity (Wildman–Crippen MR) is 73.9 cm³/mol. The van der Waals surface area contributed by atoms with Crippen molar-refractivity contribution in [1.82, 2.24) is 0 Å². The molecule has 0 aliphatic carbocycles. The molecule has 0 heterocycles. The minimum atomic E-state index is -5.60. The lowest BCUT2D eigenvalue weighted by atomic mass is 10.0. The molecule has 132 valence electrons. The molecule has 0 saturated heterocycles. The number of hydrogen-bond donors (Lipinski definition) is 0. The zero-order chi connectivity index (χ0) is 18.5. The lowest BCUT2D eigenvalue weighted by molar-refractivity contribution is -0.107. The highest BCUT2D eigenvalue weighted by Gasteiger charge is 2.46. The molecule has 0 amide bonds. The summed E-state index contributed by atoms with van der Waals surface area (Å²) in [7, 11) is -5.60. The molecule has 0 radical (unpaired) electrons. The number of hydrogen-bond acceptors (Lipinski definition) is 5. The number of nitrogens with zero attached hydrogens (tertiary/aromatic N) is 1. The molecule has 0 fully saturated rings. The Morgan fingerprint density at radius 1 is 1.21 bits per heavy atom. The van der Waals surface area contributed by atoms with E-state index in [1.807, 2.05) is 0 Å². The van der Waals surface area contributed by atoms with Crippen LogP contribution in [0.15, 0.2) is 39.9 Å². The van der Waals surface area contributed by atoms with Gasteiger partial charge in [0.25, 0.3) is 9.84 Å². The van der Waals surface area contributed by atoms with Crippen molar-refractivity contribution in [2.24, 2.45) is 5.18 Å². The van der Waals surface area contributed by atoms with Crippen molar-refractivity contribution in [2.75, 3.05) is 6.54 Å². The molecule has 0 aromatic heterocycles. The van der Waals surface area contributed by atoms with Gasteiger partial charge in [-0.1, -0.05) is 17.3 Å². The topological polar surface area (TPSA) is 80.6 Å². The Hall–Kier alpha value is -2.17. The molecule has 24 heavy (non-hydrogen) atoms. The van der Waals surface area contributed by atoms with Gasteiger partial charge in [-0.3, -0.25) is 0 Å². The van der Waals surface area contributed by atoms with Crippen molar-refractivity contribution in [1.29, 1.82) is 0 Å². The number of halogens is 5. The van der Waals surface area contributed by atoms with Crippen LogP contribution in [0.2, 0.25) is 0 Å². The van der Waals surface area contributed by atoms with Gasteiger partial charge in [0.15, 0.2) is 0 Å². The number of nitroso groups, excluding NO2 is 1. The third-order valence-corrected chi connectivity index (χ3v) is 4.42. The van der Waals surface area contributed by atoms with Gasteiger partial charge in [0.1, 0.15) is 24.8 Å². The molecule has 0 bridgehead atoms. The van der Waals surface area contributed by atoms with Crippen molar-refractivity contribution in [3.8, 4) is 0 Å². The van der Waals surface area contributed by atoms with Crippen LogP contribution in [-0.4, -0.2) is 32.9 Å². The van der Waals surface area contributed by atoms with E-state index in [0.29, 0.717) is 24.3 Å². The largest absolute Gasteiger partial charge is 0.501 e. The summed E-state index contributed by atoms with van der Waals surface area (Å²) in [5.41, 5.74) is -6.68. The molecule has 0 spiro atoms. The average Bonchev–Trinajstić information content (AvgIpc) is 2.51. The second kappa shape index (κ2) is 7.60. The summed E-state index contributed by atoms with van der Waals surface area (Å²) in [5.74, 6) is -1.28. The maximum absolute atomic E-state index is 14.2. The third-order valence-electron chi connectivity index (χ3n) is 2.92. The fourth-order valence-corrected chi connectivity index (χ4v) is 2.48. The SMILES string of the molecule is O=CC/C(=C(/F)c1ccc(S(=O)(=O)C(F)(F)F)cc1)C(F)CN=O. The van der Waals surface area contributed by atoms with Gasteiger partial charge >= 0.3 is 5.51 Å². The highest BCUT2D eigenvalue weighted by Crippen LogP contribution is 2.32. The molecule has 1 atom stereocenters. The maximum atomic E-state index is 14.2. The van der Waals surface area contributed by atoms with Gasteiger partial charge in [0, 0.05) is 17.6 Å². The highest BCUT2D eigenvalue weighted by molar-refractivity contribution is 7.92. The van der Waals surface area contributed by atoms with Crippen LogP contribution in [0.25, 0.3) is 5.83 Å². The zero-order valence-electron chi connectivity index (χ0n) is 11.8. The number of rotatable bonds is 7. The highest BCUT2D eigenvalue weighted by atomic mass is 32.2. The standard InChI is InChI=1S/C13H10F5NO4S/c14-11(7-19-21)10(5-6-20)12(15)8-1-3-9(4-2-8)24(22,23)13(16,17)18/h1-4,6,11H,5,7H2/b12-10-. The van der Waals surface area contributed by atoms with Gasteiger partial charge in [-0.05, 0) is 12.1 Å². The summed E-state index contributed by atoms with van der Waals surface area (Å²) in [5, 5.41) is 2.24. The summed E-state index contributed by atoms with van der Waals surface area (Å²) in [6, 6.07) is 2.39. The number of carbonyl (C=O) groups is 1. The van der Waals surface area contributed by atoms with E-state index in [-0.39, 0.29) is 6.29 Å². The first-order valence-corrected chi connectivity index (χ1v) is 7.71. The van der Waals surface area contributed by atoms with E-state index in [1.54, 1.807) is 0 Å². The van der Waals surface area contributed by atoms with Gasteiger partial charge in [0.2, 0.25) is 0 Å². The minimum absolute atomic E-state index is 0.175. The number of aldehydes is 1. The Morgan fingerprint density at radius 3 is 2.17 bits per heavy atom. The minimum Gasteiger partial charge on any atom is -0.303 e. The van der Waals surface area contributed by atoms with Crippen molar-refractivity contribution >= 4 is 22.0 Å². The Labute approximate surface area is 133 Å². The van der Waals surface area contributed by atoms with E-state index in [4.69, 9.17) is 0 Å². The number of sulfone groups is 1. The Kier molecular flexibility index (Phi) is 6.29. The fraction of sp³-hybridized carbons (Fsp3) is 0.308. The zero-order valence-corrected chi connectivity index (χ0v) is 12.6. The van der Waals surface area contributed by atoms with Gasteiger partial charge in [-0.25, -0.2) is 17.2 Å². The molecule has 11 heteroatoms. The maximum Gasteiger partial charge on any atom is 0.501 e. The molecule has 1 unspecified atom stereocenters. The Balaban J connectivity index is 3.30. The van der Waals surface area contributed by atoms with Crippen LogP contribution in [-0.2, 0) is 14.6 Å². The van der Waals surface area contributed by atoms with E-state index in [2.05, 4.69) is 5.18 Å². The second-order valence-corrected chi connectivity index (χ2v) is 6.40. The molecule has 0 N–H and O–H groups in total. The quantitative estimate of drug-likeness (QED) is 0.418. The fourth-order valence-electron chi connectivity index (χ4n) is 1.72. The summed E-state index contributed by atoms with van der Waals surface area (Å²) in [4.78, 5) is 19.4. The van der Waals surface area contributed by atoms with Gasteiger partial charge in [-0.2, -0.15) is 18.1 Å². The second-order valence-electron chi connectivity index (χ2n) is 4.46. The number of alkyl halides is 4. The summed E-state index contributed by atoms with van der Waals surface area (Å²) in [6.07, 6.45) is -2.72. The van der Waals surface area contributed by atoms with Gasteiger partial charge in [0.05, 0.1) is 4.90 Å². The third kappa shape index (κ3) is 4.22. The normalized spacial score (nSPS) is 14.7. The van der Waals surface area contributed by atoms with E-state index < -0.39 is 56.3 Å². The summed E-state index contributed by atoms with van der Waals surface area (Å²) >= 11 is 0. The van der Waals surface area contributed by atoms with Crippen LogP contribution in [0.3, 0.4) is 0 Å². The number of benzene rings is 1. The molecule has 0 saturated carbocycles. The molecule has 1 aromatic rings. The van der Waals surface area contributed by atoms with E-state index in [0.717, 1.165) is 0 Å². The Bertz CT molecular complexity index is 741. The molecule has 0 aliphatic rings. The number of carbonyl (C=O) groups excluding carboxylic acids is 1. The average molecular weight is 371 g/mol. The first-order valence-electron chi connectivity index (χ1n) is 6.23. The first kappa shape index (κ1) is 19.9. The van der Waals surface area contributed by atoms with Gasteiger partial charge in [-0.15, -0.1) is 0 Å². The van der Waals surface area contributed by atoms with Crippen molar-refractivity contribution in [2.45, 2.75) is 23.0 Å². The molecule has 5 nitrogen and oxygen atoms in total. The first-order chi connectivity index (χ1) is 11.1. The molecule has 1 rings (SSSR count). The van der Waals surface area contributed by atoms with Crippen molar-refractivity contribution in [3.05, 3.63) is 40.3 Å². The predicted octanol–water partition coefficient (Wildman–Crippen LogP) is 3.35. The van der Waals surface area contributed by atoms with Gasteiger partial charge < -0.3 is 4.79 Å². The molecular weight excluding hydrogens is 361 g/mol. The van der Waals surface area contributed by atoms with E-state index in [9.17, 15) is 40.1 Å². The van der Waals surface area contributed by atoms with Crippen molar-refractivity contribution in [3.63, 3.8) is 0 Å². The van der Waals surface area contributed by atoms with Crippen LogP contribution < -0.4 is 0 Å². The Morgan fingerprint density at radius 2 is 1.75 bits per heavy atom. The lowest BCUT2D eigenvalue weighted by Crippen LogP contribution is -2.23. The monoisotopic (exact) mass is 371 g/mol. The van der Waals surface area contributed by atoms with Crippen LogP contribution in [0.4, 0.5) is 22.0 Å². The van der Waals surface area contributed by atoms with E-state index in [1.165, 1.54) is 0 Å². The van der Waals surface area contributed by atoms with Crippen molar-refractivity contribution < 1.29 is 35.2 Å². The molecule has 1 aromatic carbocycles. The van der Waals surface area contributed by atoms with E-state index >= 15 is 0 Å². The lowest BCUT2D eigenvalue weighted by Gasteiger charge is -2.11. The van der Waals surface area contributed by atoms with Crippen LogP contribution in [0, 0.1) is 4.91 Å².